The number of ether oxygens (including phenoxy) is 2. The Balaban J connectivity index is 1.60. The van der Waals surface area contributed by atoms with Gasteiger partial charge in [0.1, 0.15) is 30.0 Å². The largest absolute Gasteiger partial charge is 0.488 e. The molecule has 0 radical (unpaired) electrons. The molecule has 1 aliphatic heterocycles. The molecule has 0 unspecified atom stereocenters. The first-order valence-electron chi connectivity index (χ1n) is 10.9. The van der Waals surface area contributed by atoms with Crippen molar-refractivity contribution in [2.24, 2.45) is 7.05 Å². The standard InChI is InChI=1S/C23H24F3N5O3/c1-3-33-20-14-30(9-7-19(20)34-16-6-4-5-15(11-16)23(24,25)26)17-12-21(32)29(2)18-13-31(10-8-27)28-22(17)18/h4-6,11-13,19-20H,3,7,9-10,14H2,1-2H3/t19-,20-/m1/s1. The van der Waals surface area contributed by atoms with Gasteiger partial charge in [0.05, 0.1) is 29.0 Å². The van der Waals surface area contributed by atoms with Crippen molar-refractivity contribution in [1.82, 2.24) is 14.3 Å². The molecular formula is C23H24F3N5O3. The average Bonchev–Trinajstić information content (AvgIpc) is 3.22. The molecule has 0 saturated carbocycles. The summed E-state index contributed by atoms with van der Waals surface area (Å²) in [6.07, 6.45) is -3.22. The van der Waals surface area contributed by atoms with E-state index in [1.54, 1.807) is 13.2 Å². The summed E-state index contributed by atoms with van der Waals surface area (Å²) in [7, 11) is 1.64. The Morgan fingerprint density at radius 1 is 1.26 bits per heavy atom. The quantitative estimate of drug-likeness (QED) is 0.544. The number of hydrogen-bond donors (Lipinski definition) is 0. The summed E-state index contributed by atoms with van der Waals surface area (Å²) < 4.78 is 54.0. The number of nitriles is 1. The monoisotopic (exact) mass is 475 g/mol. The number of fused-ring (bicyclic) bond motifs is 1. The minimum Gasteiger partial charge on any atom is -0.488 e. The molecule has 0 amide bonds. The van der Waals surface area contributed by atoms with Crippen molar-refractivity contribution in [2.75, 3.05) is 24.6 Å². The zero-order valence-electron chi connectivity index (χ0n) is 18.7. The van der Waals surface area contributed by atoms with Crippen molar-refractivity contribution >= 4 is 16.7 Å². The summed E-state index contributed by atoms with van der Waals surface area (Å²) >= 11 is 0. The van der Waals surface area contributed by atoms with Gasteiger partial charge in [-0.1, -0.05) is 6.07 Å². The molecule has 0 aliphatic carbocycles. The van der Waals surface area contributed by atoms with Crippen molar-refractivity contribution in [3.63, 3.8) is 0 Å². The number of benzene rings is 1. The van der Waals surface area contributed by atoms with E-state index in [0.29, 0.717) is 42.8 Å². The van der Waals surface area contributed by atoms with E-state index in [0.717, 1.165) is 12.1 Å². The first kappa shape index (κ1) is 23.6. The second-order valence-corrected chi connectivity index (χ2v) is 8.06. The van der Waals surface area contributed by atoms with Crippen LogP contribution in [0.5, 0.6) is 5.75 Å². The van der Waals surface area contributed by atoms with Crippen molar-refractivity contribution in [1.29, 1.82) is 5.26 Å². The van der Waals surface area contributed by atoms with Gasteiger partial charge in [-0.15, -0.1) is 0 Å². The van der Waals surface area contributed by atoms with Crippen LogP contribution in [0, 0.1) is 11.3 Å². The van der Waals surface area contributed by atoms with Crippen LogP contribution >= 0.6 is 0 Å². The molecule has 3 heterocycles. The molecule has 2 atom stereocenters. The number of aromatic nitrogens is 3. The number of alkyl halides is 3. The topological polar surface area (TPSA) is 85.3 Å². The molecule has 2 aromatic heterocycles. The second-order valence-electron chi connectivity index (χ2n) is 8.06. The van der Waals surface area contributed by atoms with Gasteiger partial charge in [-0.25, -0.2) is 0 Å². The normalized spacial score (nSPS) is 18.8. The van der Waals surface area contributed by atoms with E-state index in [-0.39, 0.29) is 17.9 Å². The third kappa shape index (κ3) is 4.72. The first-order valence-corrected chi connectivity index (χ1v) is 10.9. The van der Waals surface area contributed by atoms with Gasteiger partial charge in [0.25, 0.3) is 5.56 Å². The smallest absolute Gasteiger partial charge is 0.416 e. The average molecular weight is 475 g/mol. The molecule has 0 N–H and O–H groups in total. The number of hydrogen-bond acceptors (Lipinski definition) is 6. The molecule has 180 valence electrons. The lowest BCUT2D eigenvalue weighted by molar-refractivity contribution is -0.137. The molecule has 0 bridgehead atoms. The minimum absolute atomic E-state index is 0.0524. The van der Waals surface area contributed by atoms with E-state index in [1.165, 1.54) is 27.4 Å². The highest BCUT2D eigenvalue weighted by Gasteiger charge is 2.34. The summed E-state index contributed by atoms with van der Waals surface area (Å²) in [4.78, 5) is 14.5. The summed E-state index contributed by atoms with van der Waals surface area (Å²) in [5, 5.41) is 13.5. The Hall–Kier alpha value is -3.52. The maximum absolute atomic E-state index is 13.1. The van der Waals surface area contributed by atoms with Crippen LogP contribution in [0.15, 0.2) is 41.3 Å². The maximum atomic E-state index is 13.1. The Labute approximate surface area is 193 Å². The molecule has 4 rings (SSSR count). The van der Waals surface area contributed by atoms with Gasteiger partial charge in [0.15, 0.2) is 0 Å². The van der Waals surface area contributed by atoms with Crippen LogP contribution in [-0.2, 0) is 24.5 Å². The fourth-order valence-electron chi connectivity index (χ4n) is 4.18. The van der Waals surface area contributed by atoms with E-state index >= 15 is 0 Å². The van der Waals surface area contributed by atoms with E-state index in [4.69, 9.17) is 14.7 Å². The molecule has 11 heteroatoms. The zero-order valence-corrected chi connectivity index (χ0v) is 18.7. The van der Waals surface area contributed by atoms with Crippen LogP contribution in [0.2, 0.25) is 0 Å². The predicted molar refractivity (Wildman–Crippen MR) is 119 cm³/mol. The Kier molecular flexibility index (Phi) is 6.52. The Morgan fingerprint density at radius 3 is 2.76 bits per heavy atom. The van der Waals surface area contributed by atoms with Crippen molar-refractivity contribution in [3.05, 3.63) is 52.4 Å². The van der Waals surface area contributed by atoms with Crippen molar-refractivity contribution < 1.29 is 22.6 Å². The van der Waals surface area contributed by atoms with Gasteiger partial charge in [-0.05, 0) is 25.1 Å². The molecule has 1 aliphatic rings. The predicted octanol–water partition coefficient (Wildman–Crippen LogP) is 3.34. The van der Waals surface area contributed by atoms with E-state index in [9.17, 15) is 18.0 Å². The van der Waals surface area contributed by atoms with Crippen LogP contribution in [0.1, 0.15) is 18.9 Å². The van der Waals surface area contributed by atoms with E-state index in [1.807, 2.05) is 17.9 Å². The molecule has 1 saturated heterocycles. The van der Waals surface area contributed by atoms with E-state index < -0.39 is 23.9 Å². The lowest BCUT2D eigenvalue weighted by Gasteiger charge is -2.39. The highest BCUT2D eigenvalue weighted by molar-refractivity contribution is 5.88. The molecule has 0 spiro atoms. The molecule has 8 nitrogen and oxygen atoms in total. The van der Waals surface area contributed by atoms with Crippen molar-refractivity contribution in [3.8, 4) is 11.8 Å². The molecule has 3 aromatic rings. The molecule has 34 heavy (non-hydrogen) atoms. The molecule has 1 fully saturated rings. The summed E-state index contributed by atoms with van der Waals surface area (Å²) in [5.41, 5.74) is 0.829. The number of piperidine rings is 1. The molecular weight excluding hydrogens is 451 g/mol. The van der Waals surface area contributed by atoms with Gasteiger partial charge >= 0.3 is 6.18 Å². The number of rotatable bonds is 6. The third-order valence-electron chi connectivity index (χ3n) is 5.84. The number of aryl methyl sites for hydroxylation is 1. The minimum atomic E-state index is -4.46. The summed E-state index contributed by atoms with van der Waals surface area (Å²) in [6, 6.07) is 8.34. The van der Waals surface area contributed by atoms with Gasteiger partial charge < -0.3 is 18.9 Å². The summed E-state index contributed by atoms with van der Waals surface area (Å²) in [6.45, 7) is 3.13. The van der Waals surface area contributed by atoms with Crippen LogP contribution in [0.4, 0.5) is 18.9 Å². The lowest BCUT2D eigenvalue weighted by atomic mass is 10.0. The fraction of sp³-hybridized carbons (Fsp3) is 0.435. The van der Waals surface area contributed by atoms with Gasteiger partial charge in [-0.2, -0.15) is 23.5 Å². The van der Waals surface area contributed by atoms with Crippen molar-refractivity contribution in [2.45, 2.75) is 38.3 Å². The molecule has 1 aromatic carbocycles. The number of pyridine rings is 1. The first-order chi connectivity index (χ1) is 16.2. The zero-order chi connectivity index (χ0) is 24.5. The number of anilines is 1. The maximum Gasteiger partial charge on any atom is 0.416 e. The third-order valence-corrected chi connectivity index (χ3v) is 5.84. The van der Waals surface area contributed by atoms with Crippen LogP contribution in [-0.4, -0.2) is 46.3 Å². The highest BCUT2D eigenvalue weighted by Crippen LogP contribution is 2.33. The fourth-order valence-corrected chi connectivity index (χ4v) is 4.18. The van der Waals surface area contributed by atoms with Crippen LogP contribution < -0.4 is 15.2 Å². The highest BCUT2D eigenvalue weighted by atomic mass is 19.4. The van der Waals surface area contributed by atoms with Gasteiger partial charge in [0.2, 0.25) is 0 Å². The Bertz CT molecular complexity index is 1280. The number of nitrogens with zero attached hydrogens (tertiary/aromatic N) is 5. The Morgan fingerprint density at radius 2 is 2.06 bits per heavy atom. The van der Waals surface area contributed by atoms with Gasteiger partial charge in [-0.3, -0.25) is 9.48 Å². The number of halogens is 3. The lowest BCUT2D eigenvalue weighted by Crippen LogP contribution is -2.50. The van der Waals surface area contributed by atoms with Crippen LogP contribution in [0.3, 0.4) is 0 Å². The van der Waals surface area contributed by atoms with E-state index in [2.05, 4.69) is 5.10 Å². The summed E-state index contributed by atoms with van der Waals surface area (Å²) in [5.74, 6) is 0.129. The SMILES string of the molecule is CCO[C@@H]1CN(c2cc(=O)n(C)c3cn(CC#N)nc23)CC[C@H]1Oc1cccc(C(F)(F)F)c1. The van der Waals surface area contributed by atoms with Gasteiger partial charge in [0, 0.05) is 39.2 Å². The van der Waals surface area contributed by atoms with Crippen LogP contribution in [0.25, 0.3) is 11.0 Å². The second kappa shape index (κ2) is 9.38.